The average Bonchev–Trinajstić information content (AvgIpc) is 3.07. The van der Waals surface area contributed by atoms with Crippen molar-refractivity contribution in [3.8, 4) is 11.5 Å². The second-order valence-electron chi connectivity index (χ2n) is 6.81. The number of carboxylic acids is 1. The summed E-state index contributed by atoms with van der Waals surface area (Å²) >= 11 is 1.75. The molecule has 6 heteroatoms. The summed E-state index contributed by atoms with van der Waals surface area (Å²) in [5, 5.41) is 8.89. The highest BCUT2D eigenvalue weighted by molar-refractivity contribution is 7.99. The first-order chi connectivity index (χ1) is 14.0. The van der Waals surface area contributed by atoms with Crippen LogP contribution in [-0.4, -0.2) is 21.8 Å². The Hall–Kier alpha value is -2.60. The van der Waals surface area contributed by atoms with Crippen molar-refractivity contribution in [2.24, 2.45) is 0 Å². The number of rotatable bonds is 9. The van der Waals surface area contributed by atoms with Crippen LogP contribution < -0.4 is 0 Å². The summed E-state index contributed by atoms with van der Waals surface area (Å²) in [6.07, 6.45) is 2.37. The lowest BCUT2D eigenvalue weighted by molar-refractivity contribution is -0.136. The largest absolute Gasteiger partial charge is 0.481 e. The van der Waals surface area contributed by atoms with E-state index in [9.17, 15) is 9.18 Å². The molecule has 3 rings (SSSR count). The van der Waals surface area contributed by atoms with E-state index in [0.29, 0.717) is 12.3 Å². The number of nitrogens with zero attached hydrogens (tertiary/aromatic N) is 1. The van der Waals surface area contributed by atoms with E-state index in [0.717, 1.165) is 41.2 Å². The van der Waals surface area contributed by atoms with Crippen molar-refractivity contribution < 1.29 is 18.7 Å². The lowest BCUT2D eigenvalue weighted by Gasteiger charge is -2.09. The Labute approximate surface area is 174 Å². The highest BCUT2D eigenvalue weighted by atomic mass is 32.2. The fourth-order valence-corrected chi connectivity index (χ4v) is 4.07. The van der Waals surface area contributed by atoms with Gasteiger partial charge < -0.3 is 9.52 Å². The molecule has 1 N–H and O–H groups in total. The van der Waals surface area contributed by atoms with Gasteiger partial charge in [0.05, 0.1) is 5.69 Å². The van der Waals surface area contributed by atoms with Crippen LogP contribution in [0.4, 0.5) is 4.39 Å². The molecule has 152 valence electrons. The van der Waals surface area contributed by atoms with E-state index in [4.69, 9.17) is 9.52 Å². The molecule has 1 aromatic heterocycles. The quantitative estimate of drug-likeness (QED) is 0.456. The highest BCUT2D eigenvalue weighted by Crippen LogP contribution is 2.26. The van der Waals surface area contributed by atoms with E-state index < -0.39 is 5.97 Å². The molecule has 0 aliphatic rings. The Kier molecular flexibility index (Phi) is 7.09. The third kappa shape index (κ3) is 5.70. The van der Waals surface area contributed by atoms with Gasteiger partial charge in [0, 0.05) is 29.1 Å². The molecule has 0 saturated carbocycles. The number of aryl methyl sites for hydroxylation is 4. The first kappa shape index (κ1) is 21.1. The maximum Gasteiger partial charge on any atom is 0.303 e. The van der Waals surface area contributed by atoms with Crippen LogP contribution in [0.1, 0.15) is 35.9 Å². The average molecular weight is 414 g/mol. The lowest BCUT2D eigenvalue weighted by atomic mass is 10.0. The number of benzene rings is 2. The third-order valence-corrected chi connectivity index (χ3v) is 5.75. The van der Waals surface area contributed by atoms with Crippen LogP contribution in [0, 0.1) is 12.7 Å². The number of oxazole rings is 1. The van der Waals surface area contributed by atoms with Crippen LogP contribution in [0.5, 0.6) is 0 Å². The van der Waals surface area contributed by atoms with E-state index in [1.807, 2.05) is 13.0 Å². The molecule has 1 heterocycles. The first-order valence-electron chi connectivity index (χ1n) is 9.65. The minimum Gasteiger partial charge on any atom is -0.481 e. The number of carbonyl (C=O) groups is 1. The zero-order chi connectivity index (χ0) is 20.8. The van der Waals surface area contributed by atoms with Gasteiger partial charge in [-0.2, -0.15) is 0 Å². The van der Waals surface area contributed by atoms with Gasteiger partial charge in [0.25, 0.3) is 0 Å². The fraction of sp³-hybridized carbons (Fsp3) is 0.304. The Morgan fingerprint density at radius 1 is 1.14 bits per heavy atom. The van der Waals surface area contributed by atoms with E-state index in [2.05, 4.69) is 24.0 Å². The van der Waals surface area contributed by atoms with Crippen molar-refractivity contribution in [1.82, 2.24) is 4.98 Å². The molecule has 0 unspecified atom stereocenters. The van der Waals surface area contributed by atoms with Crippen LogP contribution in [0.2, 0.25) is 0 Å². The van der Waals surface area contributed by atoms with E-state index >= 15 is 0 Å². The van der Waals surface area contributed by atoms with Crippen molar-refractivity contribution in [2.45, 2.75) is 44.4 Å². The van der Waals surface area contributed by atoms with Gasteiger partial charge in [-0.3, -0.25) is 4.79 Å². The van der Waals surface area contributed by atoms with Gasteiger partial charge in [-0.15, -0.1) is 11.8 Å². The number of halogens is 1. The summed E-state index contributed by atoms with van der Waals surface area (Å²) in [4.78, 5) is 16.6. The number of hydrogen-bond acceptors (Lipinski definition) is 4. The molecule has 3 aromatic rings. The van der Waals surface area contributed by atoms with Crippen molar-refractivity contribution in [1.29, 1.82) is 0 Å². The summed E-state index contributed by atoms with van der Waals surface area (Å²) in [5.74, 6) is 1.10. The number of thioether (sulfide) groups is 1. The Morgan fingerprint density at radius 3 is 2.59 bits per heavy atom. The second kappa shape index (κ2) is 9.74. The van der Waals surface area contributed by atoms with Crippen molar-refractivity contribution in [3.05, 3.63) is 70.9 Å². The Balaban J connectivity index is 1.61. The maximum atomic E-state index is 13.1. The third-order valence-electron chi connectivity index (χ3n) is 4.76. The van der Waals surface area contributed by atoms with Crippen LogP contribution in [0.3, 0.4) is 0 Å². The van der Waals surface area contributed by atoms with Crippen molar-refractivity contribution in [3.63, 3.8) is 0 Å². The van der Waals surface area contributed by atoms with Gasteiger partial charge in [-0.1, -0.05) is 13.0 Å². The second-order valence-corrected chi connectivity index (χ2v) is 7.97. The smallest absolute Gasteiger partial charge is 0.303 e. The molecular weight excluding hydrogens is 389 g/mol. The monoisotopic (exact) mass is 413 g/mol. The molecular formula is C23H24FNO3S. The molecule has 0 saturated heterocycles. The van der Waals surface area contributed by atoms with Gasteiger partial charge in [0.15, 0.2) is 0 Å². The Bertz CT molecular complexity index is 982. The van der Waals surface area contributed by atoms with Gasteiger partial charge in [0.1, 0.15) is 11.6 Å². The molecule has 0 amide bonds. The summed E-state index contributed by atoms with van der Waals surface area (Å²) in [6.45, 7) is 3.98. The maximum absolute atomic E-state index is 13.1. The lowest BCUT2D eigenvalue weighted by Crippen LogP contribution is -2.00. The van der Waals surface area contributed by atoms with Crippen LogP contribution in [0.15, 0.2) is 51.8 Å². The summed E-state index contributed by atoms with van der Waals surface area (Å²) in [5.41, 5.74) is 3.98. The van der Waals surface area contributed by atoms with Crippen LogP contribution in [0.25, 0.3) is 11.5 Å². The SMILES string of the molecule is CCc1cc(SCCc2nc(-c3ccc(F)cc3)oc2C)ccc1CCC(=O)O. The molecule has 29 heavy (non-hydrogen) atoms. The normalized spacial score (nSPS) is 11.0. The fourth-order valence-electron chi connectivity index (χ4n) is 3.15. The molecule has 0 atom stereocenters. The van der Waals surface area contributed by atoms with E-state index in [1.54, 1.807) is 23.9 Å². The number of carboxylic acid groups (broad SMARTS) is 1. The van der Waals surface area contributed by atoms with E-state index in [1.165, 1.54) is 22.6 Å². The predicted octanol–water partition coefficient (Wildman–Crippen LogP) is 5.70. The van der Waals surface area contributed by atoms with Gasteiger partial charge in [-0.25, -0.2) is 9.37 Å². The molecule has 0 bridgehead atoms. The zero-order valence-electron chi connectivity index (χ0n) is 16.6. The first-order valence-corrected chi connectivity index (χ1v) is 10.6. The minimum absolute atomic E-state index is 0.154. The van der Waals surface area contributed by atoms with Crippen molar-refractivity contribution >= 4 is 17.7 Å². The molecule has 0 spiro atoms. The topological polar surface area (TPSA) is 63.3 Å². The highest BCUT2D eigenvalue weighted by Gasteiger charge is 2.12. The molecule has 4 nitrogen and oxygen atoms in total. The van der Waals surface area contributed by atoms with Gasteiger partial charge >= 0.3 is 5.97 Å². The number of aliphatic carboxylic acids is 1. The predicted molar refractivity (Wildman–Crippen MR) is 113 cm³/mol. The van der Waals surface area contributed by atoms with Gasteiger partial charge in [-0.05, 0) is 67.3 Å². The van der Waals surface area contributed by atoms with E-state index in [-0.39, 0.29) is 12.2 Å². The molecule has 0 fully saturated rings. The molecule has 0 radical (unpaired) electrons. The summed E-state index contributed by atoms with van der Waals surface area (Å²) < 4.78 is 18.8. The Morgan fingerprint density at radius 2 is 1.90 bits per heavy atom. The number of aromatic nitrogens is 1. The van der Waals surface area contributed by atoms with Crippen LogP contribution in [-0.2, 0) is 24.1 Å². The standard InChI is InChI=1S/C23H24FNO3S/c1-3-16-14-20(10-6-17(16)7-11-22(26)27)29-13-12-21-15(2)28-23(25-21)18-4-8-19(24)9-5-18/h4-6,8-10,14H,3,7,11-13H2,1-2H3,(H,26,27). The number of hydrogen-bond donors (Lipinski definition) is 1. The molecule has 0 aliphatic heterocycles. The van der Waals surface area contributed by atoms with Crippen LogP contribution >= 0.6 is 11.8 Å². The molecule has 2 aromatic carbocycles. The van der Waals surface area contributed by atoms with Gasteiger partial charge in [0.2, 0.25) is 5.89 Å². The summed E-state index contributed by atoms with van der Waals surface area (Å²) in [6, 6.07) is 12.4. The minimum atomic E-state index is -0.770. The molecule has 0 aliphatic carbocycles. The summed E-state index contributed by atoms with van der Waals surface area (Å²) in [7, 11) is 0. The van der Waals surface area contributed by atoms with Crippen molar-refractivity contribution in [2.75, 3.05) is 5.75 Å². The zero-order valence-corrected chi connectivity index (χ0v) is 17.4.